The molecule has 0 amide bonds. The van der Waals surface area contributed by atoms with Gasteiger partial charge in [0.05, 0.1) is 0 Å². The van der Waals surface area contributed by atoms with E-state index in [-0.39, 0.29) is 0 Å². The van der Waals surface area contributed by atoms with Crippen molar-refractivity contribution in [3.8, 4) is 0 Å². The molecule has 0 aliphatic carbocycles. The predicted molar refractivity (Wildman–Crippen MR) is 40.0 cm³/mol. The Morgan fingerprint density at radius 3 is 2.38 bits per heavy atom. The molecule has 0 bridgehead atoms. The Morgan fingerprint density at radius 2 is 2.00 bits per heavy atom. The fourth-order valence-corrected chi connectivity index (χ4v) is 2.24. The standard InChI is InChI=1S/C7H13S/c1-2-7-3-5-8-6-4-7/h7H,1-6H2. The lowest BCUT2D eigenvalue weighted by atomic mass is 10.0. The SMILES string of the molecule is [CH2]CC1CCSCC1. The molecule has 8 heavy (non-hydrogen) atoms. The lowest BCUT2D eigenvalue weighted by Crippen LogP contribution is -2.07. The van der Waals surface area contributed by atoms with Gasteiger partial charge < -0.3 is 0 Å². The summed E-state index contributed by atoms with van der Waals surface area (Å²) in [5.74, 6) is 3.71. The Hall–Kier alpha value is 0.350. The molecule has 0 aromatic rings. The summed E-state index contributed by atoms with van der Waals surface area (Å²) in [6, 6.07) is 0. The van der Waals surface area contributed by atoms with Gasteiger partial charge in [0.25, 0.3) is 0 Å². The van der Waals surface area contributed by atoms with Gasteiger partial charge in [-0.1, -0.05) is 13.3 Å². The Balaban J connectivity index is 2.13. The van der Waals surface area contributed by atoms with Gasteiger partial charge in [0.1, 0.15) is 0 Å². The van der Waals surface area contributed by atoms with Crippen molar-refractivity contribution in [2.24, 2.45) is 5.92 Å². The molecule has 0 spiro atoms. The van der Waals surface area contributed by atoms with Crippen LogP contribution in [0.25, 0.3) is 0 Å². The summed E-state index contributed by atoms with van der Waals surface area (Å²) < 4.78 is 0. The van der Waals surface area contributed by atoms with E-state index in [9.17, 15) is 0 Å². The minimum Gasteiger partial charge on any atom is -0.162 e. The van der Waals surface area contributed by atoms with E-state index >= 15 is 0 Å². The maximum atomic E-state index is 3.90. The van der Waals surface area contributed by atoms with Gasteiger partial charge in [0.2, 0.25) is 0 Å². The largest absolute Gasteiger partial charge is 0.162 e. The summed E-state index contributed by atoms with van der Waals surface area (Å²) in [6.07, 6.45) is 3.98. The summed E-state index contributed by atoms with van der Waals surface area (Å²) in [6.45, 7) is 3.90. The van der Waals surface area contributed by atoms with Gasteiger partial charge in [-0.25, -0.2) is 0 Å². The van der Waals surface area contributed by atoms with E-state index in [4.69, 9.17) is 0 Å². The topological polar surface area (TPSA) is 0 Å². The van der Waals surface area contributed by atoms with Crippen LogP contribution in [0.2, 0.25) is 0 Å². The lowest BCUT2D eigenvalue weighted by Gasteiger charge is -2.18. The first kappa shape index (κ1) is 6.47. The second-order valence-corrected chi connectivity index (χ2v) is 3.57. The highest BCUT2D eigenvalue weighted by Gasteiger charge is 2.09. The van der Waals surface area contributed by atoms with Gasteiger partial charge in [-0.3, -0.25) is 0 Å². The Bertz CT molecular complexity index is 55.4. The Labute approximate surface area is 56.0 Å². The molecule has 0 saturated carbocycles. The van der Waals surface area contributed by atoms with E-state index in [2.05, 4.69) is 18.7 Å². The summed E-state index contributed by atoms with van der Waals surface area (Å²) in [5.41, 5.74) is 0. The van der Waals surface area contributed by atoms with E-state index in [0.717, 1.165) is 12.3 Å². The van der Waals surface area contributed by atoms with Crippen molar-refractivity contribution in [2.75, 3.05) is 11.5 Å². The quantitative estimate of drug-likeness (QED) is 0.523. The third-order valence-corrected chi connectivity index (χ3v) is 2.80. The highest BCUT2D eigenvalue weighted by molar-refractivity contribution is 7.99. The van der Waals surface area contributed by atoms with Crippen molar-refractivity contribution >= 4 is 11.8 Å². The highest BCUT2D eigenvalue weighted by Crippen LogP contribution is 2.24. The molecule has 1 fully saturated rings. The average molecular weight is 129 g/mol. The summed E-state index contributed by atoms with van der Waals surface area (Å²) in [5, 5.41) is 0. The Kier molecular flexibility index (Phi) is 2.74. The summed E-state index contributed by atoms with van der Waals surface area (Å²) in [7, 11) is 0. The molecule has 47 valence electrons. The van der Waals surface area contributed by atoms with E-state index < -0.39 is 0 Å². The maximum absolute atomic E-state index is 3.90. The van der Waals surface area contributed by atoms with Gasteiger partial charge in [-0.05, 0) is 30.3 Å². The van der Waals surface area contributed by atoms with Crippen LogP contribution in [0.15, 0.2) is 0 Å². The molecule has 1 aliphatic rings. The third kappa shape index (κ3) is 1.70. The molecule has 0 aromatic heterocycles. The van der Waals surface area contributed by atoms with Crippen LogP contribution in [0, 0.1) is 12.8 Å². The molecule has 1 saturated heterocycles. The number of hydrogen-bond acceptors (Lipinski definition) is 1. The molecule has 1 aliphatic heterocycles. The molecule has 0 nitrogen and oxygen atoms in total. The molecular weight excluding hydrogens is 116 g/mol. The predicted octanol–water partition coefficient (Wildman–Crippen LogP) is 2.35. The van der Waals surface area contributed by atoms with Crippen molar-refractivity contribution in [2.45, 2.75) is 19.3 Å². The van der Waals surface area contributed by atoms with E-state index in [1.165, 1.54) is 24.3 Å². The van der Waals surface area contributed by atoms with Crippen LogP contribution in [0.1, 0.15) is 19.3 Å². The molecule has 0 unspecified atom stereocenters. The first-order valence-electron chi connectivity index (χ1n) is 3.30. The first-order chi connectivity index (χ1) is 3.93. The monoisotopic (exact) mass is 129 g/mol. The van der Waals surface area contributed by atoms with E-state index in [0.29, 0.717) is 0 Å². The highest BCUT2D eigenvalue weighted by atomic mass is 32.2. The maximum Gasteiger partial charge on any atom is -0.00649 e. The zero-order chi connectivity index (χ0) is 5.82. The second kappa shape index (κ2) is 3.39. The van der Waals surface area contributed by atoms with Crippen LogP contribution < -0.4 is 0 Å². The normalized spacial score (nSPS) is 23.6. The number of hydrogen-bond donors (Lipinski definition) is 0. The minimum absolute atomic E-state index is 0.955. The summed E-state index contributed by atoms with van der Waals surface area (Å²) in [4.78, 5) is 0. The van der Waals surface area contributed by atoms with Crippen molar-refractivity contribution < 1.29 is 0 Å². The third-order valence-electron chi connectivity index (χ3n) is 1.75. The molecule has 1 rings (SSSR count). The zero-order valence-corrected chi connectivity index (χ0v) is 6.04. The van der Waals surface area contributed by atoms with Gasteiger partial charge in [-0.2, -0.15) is 11.8 Å². The van der Waals surface area contributed by atoms with Crippen molar-refractivity contribution in [1.82, 2.24) is 0 Å². The van der Waals surface area contributed by atoms with Crippen LogP contribution in [0.5, 0.6) is 0 Å². The van der Waals surface area contributed by atoms with Gasteiger partial charge in [0.15, 0.2) is 0 Å². The second-order valence-electron chi connectivity index (χ2n) is 2.34. The molecular formula is C7H13S. The van der Waals surface area contributed by atoms with Crippen molar-refractivity contribution in [1.29, 1.82) is 0 Å². The minimum atomic E-state index is 0.955. The Morgan fingerprint density at radius 1 is 1.38 bits per heavy atom. The van der Waals surface area contributed by atoms with E-state index in [1.54, 1.807) is 0 Å². The number of thioether (sulfide) groups is 1. The van der Waals surface area contributed by atoms with Crippen LogP contribution in [-0.4, -0.2) is 11.5 Å². The van der Waals surface area contributed by atoms with E-state index in [1.807, 2.05) is 0 Å². The number of rotatable bonds is 1. The lowest BCUT2D eigenvalue weighted by molar-refractivity contribution is 0.495. The molecule has 0 N–H and O–H groups in total. The average Bonchev–Trinajstić information content (AvgIpc) is 1.90. The van der Waals surface area contributed by atoms with Gasteiger partial charge >= 0.3 is 0 Å². The van der Waals surface area contributed by atoms with Crippen LogP contribution in [0.4, 0.5) is 0 Å². The van der Waals surface area contributed by atoms with Gasteiger partial charge in [-0.15, -0.1) is 0 Å². The fraction of sp³-hybridized carbons (Fsp3) is 0.857. The molecule has 0 aromatic carbocycles. The smallest absolute Gasteiger partial charge is 0.00649 e. The molecule has 1 heteroatoms. The molecule has 1 radical (unpaired) electrons. The van der Waals surface area contributed by atoms with Crippen molar-refractivity contribution in [3.05, 3.63) is 6.92 Å². The zero-order valence-electron chi connectivity index (χ0n) is 5.23. The van der Waals surface area contributed by atoms with Crippen LogP contribution in [-0.2, 0) is 0 Å². The first-order valence-corrected chi connectivity index (χ1v) is 4.46. The summed E-state index contributed by atoms with van der Waals surface area (Å²) >= 11 is 2.09. The molecule has 0 atom stereocenters. The van der Waals surface area contributed by atoms with Crippen LogP contribution in [0.3, 0.4) is 0 Å². The fourth-order valence-electron chi connectivity index (χ4n) is 1.04. The molecule has 1 heterocycles. The van der Waals surface area contributed by atoms with Crippen LogP contribution >= 0.6 is 11.8 Å². The van der Waals surface area contributed by atoms with Crippen molar-refractivity contribution in [3.63, 3.8) is 0 Å². The van der Waals surface area contributed by atoms with Gasteiger partial charge in [0, 0.05) is 0 Å².